The highest BCUT2D eigenvalue weighted by Crippen LogP contribution is 2.21. The summed E-state index contributed by atoms with van der Waals surface area (Å²) in [7, 11) is 0. The number of hydrogen-bond donors (Lipinski definition) is 0. The van der Waals surface area contributed by atoms with Gasteiger partial charge in [0.05, 0.1) is 11.7 Å². The average molecular weight is 189 g/mol. The molecule has 14 heavy (non-hydrogen) atoms. The van der Waals surface area contributed by atoms with Crippen molar-refractivity contribution in [3.63, 3.8) is 0 Å². The number of nitriles is 1. The molecule has 2 nitrogen and oxygen atoms in total. The summed E-state index contributed by atoms with van der Waals surface area (Å²) < 4.78 is 5.64. The van der Waals surface area contributed by atoms with Crippen molar-refractivity contribution in [2.24, 2.45) is 0 Å². The zero-order chi connectivity index (χ0) is 10.6. The Morgan fingerprint density at radius 2 is 2.21 bits per heavy atom. The Balaban J connectivity index is 2.94. The molecule has 0 aliphatic heterocycles. The predicted molar refractivity (Wildman–Crippen MR) is 56.3 cm³/mol. The summed E-state index contributed by atoms with van der Waals surface area (Å²) in [6.45, 7) is 6.06. The lowest BCUT2D eigenvalue weighted by Gasteiger charge is -2.13. The predicted octanol–water partition coefficient (Wildman–Crippen LogP) is 3.04. The molecule has 0 aliphatic rings. The van der Waals surface area contributed by atoms with Gasteiger partial charge in [-0.15, -0.1) is 0 Å². The number of rotatable bonds is 3. The monoisotopic (exact) mass is 189 g/mol. The number of nitrogens with zero attached hydrogens (tertiary/aromatic N) is 1. The first kappa shape index (κ1) is 10.6. The Morgan fingerprint density at radius 3 is 2.79 bits per heavy atom. The second-order valence-electron chi connectivity index (χ2n) is 3.45. The molecule has 0 saturated heterocycles. The van der Waals surface area contributed by atoms with E-state index in [9.17, 15) is 0 Å². The topological polar surface area (TPSA) is 33.0 Å². The Kier molecular flexibility index (Phi) is 3.53. The van der Waals surface area contributed by atoms with Crippen LogP contribution in [0.4, 0.5) is 0 Å². The number of benzene rings is 1. The van der Waals surface area contributed by atoms with Crippen LogP contribution in [0.5, 0.6) is 5.75 Å². The Bertz CT molecular complexity index is 352. The second kappa shape index (κ2) is 4.66. The van der Waals surface area contributed by atoms with Crippen molar-refractivity contribution < 1.29 is 4.74 Å². The minimum atomic E-state index is 0.156. The van der Waals surface area contributed by atoms with Crippen LogP contribution in [0, 0.1) is 18.3 Å². The molecular weight excluding hydrogens is 174 g/mol. The van der Waals surface area contributed by atoms with Crippen LogP contribution in [0.3, 0.4) is 0 Å². The van der Waals surface area contributed by atoms with Crippen LogP contribution >= 0.6 is 0 Å². The van der Waals surface area contributed by atoms with E-state index in [1.807, 2.05) is 26.0 Å². The highest BCUT2D eigenvalue weighted by Gasteiger charge is 2.06. The van der Waals surface area contributed by atoms with Crippen LogP contribution < -0.4 is 4.74 Å². The molecule has 1 atom stereocenters. The molecule has 0 N–H and O–H groups in total. The molecule has 1 aromatic carbocycles. The second-order valence-corrected chi connectivity index (χ2v) is 3.45. The zero-order valence-corrected chi connectivity index (χ0v) is 8.87. The van der Waals surface area contributed by atoms with E-state index >= 15 is 0 Å². The molecule has 1 rings (SSSR count). The molecule has 1 aromatic rings. The van der Waals surface area contributed by atoms with E-state index in [1.165, 1.54) is 0 Å². The molecule has 74 valence electrons. The van der Waals surface area contributed by atoms with Gasteiger partial charge >= 0.3 is 0 Å². The molecular formula is C12H15NO. The number of hydrogen-bond acceptors (Lipinski definition) is 2. The summed E-state index contributed by atoms with van der Waals surface area (Å²) in [5.74, 6) is 0.696. The molecule has 1 unspecified atom stereocenters. The zero-order valence-electron chi connectivity index (χ0n) is 8.87. The van der Waals surface area contributed by atoms with E-state index in [1.54, 1.807) is 6.07 Å². The fraction of sp³-hybridized carbons (Fsp3) is 0.417. The molecule has 0 saturated carbocycles. The van der Waals surface area contributed by atoms with Crippen molar-refractivity contribution in [3.05, 3.63) is 29.3 Å². The van der Waals surface area contributed by atoms with E-state index < -0.39 is 0 Å². The Morgan fingerprint density at radius 1 is 1.50 bits per heavy atom. The lowest BCUT2D eigenvalue weighted by Crippen LogP contribution is -2.10. The van der Waals surface area contributed by atoms with Crippen molar-refractivity contribution in [2.45, 2.75) is 33.3 Å². The number of ether oxygens (including phenoxy) is 1. The van der Waals surface area contributed by atoms with Gasteiger partial charge in [0, 0.05) is 0 Å². The van der Waals surface area contributed by atoms with Crippen molar-refractivity contribution in [3.8, 4) is 11.8 Å². The highest BCUT2D eigenvalue weighted by atomic mass is 16.5. The molecule has 0 amide bonds. The maximum Gasteiger partial charge on any atom is 0.137 e. The van der Waals surface area contributed by atoms with Gasteiger partial charge in [0.1, 0.15) is 11.8 Å². The van der Waals surface area contributed by atoms with Crippen molar-refractivity contribution in [2.75, 3.05) is 0 Å². The summed E-state index contributed by atoms with van der Waals surface area (Å²) >= 11 is 0. The van der Waals surface area contributed by atoms with Gasteiger partial charge in [0.25, 0.3) is 0 Å². The maximum absolute atomic E-state index is 8.86. The van der Waals surface area contributed by atoms with E-state index in [0.717, 1.165) is 12.0 Å². The third kappa shape index (κ3) is 2.50. The largest absolute Gasteiger partial charge is 0.489 e. The Hall–Kier alpha value is -1.49. The maximum atomic E-state index is 8.86. The van der Waals surface area contributed by atoms with Gasteiger partial charge in [-0.1, -0.05) is 13.0 Å². The van der Waals surface area contributed by atoms with Gasteiger partial charge in [-0.2, -0.15) is 5.26 Å². The lowest BCUT2D eigenvalue weighted by molar-refractivity contribution is 0.216. The van der Waals surface area contributed by atoms with Crippen LogP contribution in [0.1, 0.15) is 31.4 Å². The van der Waals surface area contributed by atoms with E-state index in [4.69, 9.17) is 10.00 Å². The quantitative estimate of drug-likeness (QED) is 0.732. The molecule has 2 heteroatoms. The van der Waals surface area contributed by atoms with E-state index in [2.05, 4.69) is 13.0 Å². The van der Waals surface area contributed by atoms with E-state index in [-0.39, 0.29) is 6.10 Å². The van der Waals surface area contributed by atoms with Gasteiger partial charge in [0.15, 0.2) is 0 Å². The minimum absolute atomic E-state index is 0.156. The molecule has 0 fully saturated rings. The van der Waals surface area contributed by atoms with Gasteiger partial charge in [-0.3, -0.25) is 0 Å². The van der Waals surface area contributed by atoms with Gasteiger partial charge in [-0.05, 0) is 38.0 Å². The third-order valence-electron chi connectivity index (χ3n) is 2.16. The number of aryl methyl sites for hydroxylation is 1. The van der Waals surface area contributed by atoms with Crippen molar-refractivity contribution in [1.29, 1.82) is 5.26 Å². The summed E-state index contributed by atoms with van der Waals surface area (Å²) in [5, 5.41) is 8.86. The fourth-order valence-electron chi connectivity index (χ4n) is 1.12. The first-order valence-corrected chi connectivity index (χ1v) is 4.84. The summed E-state index contributed by atoms with van der Waals surface area (Å²) in [6.07, 6.45) is 1.10. The normalized spacial score (nSPS) is 11.9. The lowest BCUT2D eigenvalue weighted by atomic mass is 10.1. The van der Waals surface area contributed by atoms with Crippen molar-refractivity contribution in [1.82, 2.24) is 0 Å². The summed E-state index contributed by atoms with van der Waals surface area (Å²) in [6, 6.07) is 7.75. The van der Waals surface area contributed by atoms with Gasteiger partial charge < -0.3 is 4.74 Å². The molecule has 0 radical (unpaired) electrons. The molecule has 0 aromatic heterocycles. The SMILES string of the molecule is CCC(C)Oc1cc(C)ccc1C#N. The van der Waals surface area contributed by atoms with Crippen LogP contribution in [0.25, 0.3) is 0 Å². The van der Waals surface area contributed by atoms with Crippen LogP contribution in [-0.4, -0.2) is 6.10 Å². The summed E-state index contributed by atoms with van der Waals surface area (Å²) in [4.78, 5) is 0. The molecule has 0 bridgehead atoms. The highest BCUT2D eigenvalue weighted by molar-refractivity contribution is 5.45. The van der Waals surface area contributed by atoms with E-state index in [0.29, 0.717) is 11.3 Å². The average Bonchev–Trinajstić information content (AvgIpc) is 2.18. The van der Waals surface area contributed by atoms with Gasteiger partial charge in [0.2, 0.25) is 0 Å². The standard InChI is InChI=1S/C12H15NO/c1-4-10(3)14-12-7-9(2)5-6-11(12)8-13/h5-7,10H,4H2,1-3H3. The molecule has 0 aliphatic carbocycles. The molecule has 0 spiro atoms. The van der Waals surface area contributed by atoms with Crippen molar-refractivity contribution >= 4 is 0 Å². The smallest absolute Gasteiger partial charge is 0.137 e. The first-order valence-electron chi connectivity index (χ1n) is 4.84. The Labute approximate surface area is 85.1 Å². The van der Waals surface area contributed by atoms with Crippen LogP contribution in [-0.2, 0) is 0 Å². The summed E-state index contributed by atoms with van der Waals surface area (Å²) in [5.41, 5.74) is 1.72. The third-order valence-corrected chi connectivity index (χ3v) is 2.16. The fourth-order valence-corrected chi connectivity index (χ4v) is 1.12. The minimum Gasteiger partial charge on any atom is -0.489 e. The van der Waals surface area contributed by atoms with Crippen LogP contribution in [0.15, 0.2) is 18.2 Å². The van der Waals surface area contributed by atoms with Gasteiger partial charge in [-0.25, -0.2) is 0 Å². The first-order chi connectivity index (χ1) is 6.67. The van der Waals surface area contributed by atoms with Crippen LogP contribution in [0.2, 0.25) is 0 Å². The molecule has 0 heterocycles.